The number of ketones is 1. The minimum atomic E-state index is -0.208. The van der Waals surface area contributed by atoms with E-state index >= 15 is 0 Å². The van der Waals surface area contributed by atoms with Gasteiger partial charge in [-0.15, -0.1) is 0 Å². The van der Waals surface area contributed by atoms with Crippen LogP contribution < -0.4 is 5.32 Å². The molecule has 1 fully saturated rings. The fourth-order valence-electron chi connectivity index (χ4n) is 3.40. The summed E-state index contributed by atoms with van der Waals surface area (Å²) < 4.78 is 0. The number of amides is 1. The second-order valence-electron chi connectivity index (χ2n) is 7.24. The molecule has 5 nitrogen and oxygen atoms in total. The molecule has 0 aliphatic carbocycles. The number of benzene rings is 2. The summed E-state index contributed by atoms with van der Waals surface area (Å²) in [5, 5.41) is 3.70. The molecule has 2 aromatic rings. The van der Waals surface area contributed by atoms with Crippen LogP contribution in [0.1, 0.15) is 29.8 Å². The highest BCUT2D eigenvalue weighted by Gasteiger charge is 2.25. The van der Waals surface area contributed by atoms with Gasteiger partial charge in [0, 0.05) is 49.0 Å². The van der Waals surface area contributed by atoms with Crippen molar-refractivity contribution in [1.82, 2.24) is 9.80 Å². The Morgan fingerprint density at radius 2 is 1.75 bits per heavy atom. The maximum atomic E-state index is 12.6. The number of piperazine rings is 1. The smallest absolute Gasteiger partial charge is 0.241 e. The number of anilines is 1. The van der Waals surface area contributed by atoms with E-state index in [4.69, 9.17) is 11.6 Å². The van der Waals surface area contributed by atoms with Gasteiger partial charge in [-0.1, -0.05) is 23.7 Å². The second kappa shape index (κ2) is 9.32. The summed E-state index contributed by atoms with van der Waals surface area (Å²) in [4.78, 5) is 28.5. The molecule has 1 N–H and O–H groups in total. The first-order chi connectivity index (χ1) is 13.4. The molecule has 1 heterocycles. The van der Waals surface area contributed by atoms with Crippen molar-refractivity contribution in [1.29, 1.82) is 0 Å². The Morgan fingerprint density at radius 1 is 1.07 bits per heavy atom. The molecule has 6 heteroatoms. The Bertz CT molecular complexity index is 830. The van der Waals surface area contributed by atoms with Crippen LogP contribution >= 0.6 is 11.6 Å². The standard InChI is InChI=1S/C22H26ClN3O2/c1-16(22(28)24-21-8-6-19(7-9-21)17(2)27)26-12-10-25(11-13-26)15-18-4-3-5-20(23)14-18/h3-9,14,16H,10-13,15H2,1-2H3,(H,24,28). The number of carbonyl (C=O) groups excluding carboxylic acids is 2. The van der Waals surface area contributed by atoms with Crippen molar-refractivity contribution in [3.63, 3.8) is 0 Å². The lowest BCUT2D eigenvalue weighted by molar-refractivity contribution is -0.121. The summed E-state index contributed by atoms with van der Waals surface area (Å²) >= 11 is 6.06. The highest BCUT2D eigenvalue weighted by Crippen LogP contribution is 2.16. The molecule has 1 amide bonds. The van der Waals surface area contributed by atoms with Crippen molar-refractivity contribution in [3.05, 3.63) is 64.7 Å². The summed E-state index contributed by atoms with van der Waals surface area (Å²) in [5.41, 5.74) is 2.56. The van der Waals surface area contributed by atoms with Crippen molar-refractivity contribution in [2.45, 2.75) is 26.4 Å². The number of carbonyl (C=O) groups is 2. The molecule has 0 saturated carbocycles. The van der Waals surface area contributed by atoms with Gasteiger partial charge < -0.3 is 5.32 Å². The molecule has 0 aromatic heterocycles. The van der Waals surface area contributed by atoms with Crippen LogP contribution in [0.25, 0.3) is 0 Å². The van der Waals surface area contributed by atoms with Crippen LogP contribution in [0.3, 0.4) is 0 Å². The fraction of sp³-hybridized carbons (Fsp3) is 0.364. The molecule has 0 bridgehead atoms. The normalized spacial score (nSPS) is 16.5. The van der Waals surface area contributed by atoms with Crippen molar-refractivity contribution < 1.29 is 9.59 Å². The average molecular weight is 400 g/mol. The summed E-state index contributed by atoms with van der Waals surface area (Å²) in [6.07, 6.45) is 0. The molecule has 148 valence electrons. The number of hydrogen-bond acceptors (Lipinski definition) is 4. The molecule has 0 spiro atoms. The average Bonchev–Trinajstić information content (AvgIpc) is 2.68. The van der Waals surface area contributed by atoms with Gasteiger partial charge in [-0.05, 0) is 55.8 Å². The van der Waals surface area contributed by atoms with E-state index in [0.29, 0.717) is 11.3 Å². The monoisotopic (exact) mass is 399 g/mol. The van der Waals surface area contributed by atoms with Gasteiger partial charge in [-0.25, -0.2) is 0 Å². The molecule has 3 rings (SSSR count). The number of nitrogens with zero attached hydrogens (tertiary/aromatic N) is 2. The van der Waals surface area contributed by atoms with Gasteiger partial charge in [0.2, 0.25) is 5.91 Å². The van der Waals surface area contributed by atoms with E-state index < -0.39 is 0 Å². The zero-order chi connectivity index (χ0) is 20.1. The predicted molar refractivity (Wildman–Crippen MR) is 113 cm³/mol. The Kier molecular flexibility index (Phi) is 6.83. The second-order valence-corrected chi connectivity index (χ2v) is 7.68. The van der Waals surface area contributed by atoms with E-state index in [-0.39, 0.29) is 17.7 Å². The molecule has 1 atom stereocenters. The first-order valence-corrected chi connectivity index (χ1v) is 9.93. The third kappa shape index (κ3) is 5.41. The quantitative estimate of drug-likeness (QED) is 0.753. The van der Waals surface area contributed by atoms with Crippen molar-refractivity contribution in [3.8, 4) is 0 Å². The zero-order valence-electron chi connectivity index (χ0n) is 16.3. The lowest BCUT2D eigenvalue weighted by atomic mass is 10.1. The van der Waals surface area contributed by atoms with E-state index in [1.807, 2.05) is 25.1 Å². The molecule has 2 aromatic carbocycles. The first kappa shape index (κ1) is 20.5. The van der Waals surface area contributed by atoms with Gasteiger partial charge in [-0.3, -0.25) is 19.4 Å². The van der Waals surface area contributed by atoms with Crippen molar-refractivity contribution in [2.24, 2.45) is 0 Å². The van der Waals surface area contributed by atoms with Crippen LogP contribution in [0.15, 0.2) is 48.5 Å². The fourth-order valence-corrected chi connectivity index (χ4v) is 3.62. The maximum absolute atomic E-state index is 12.6. The third-order valence-electron chi connectivity index (χ3n) is 5.19. The summed E-state index contributed by atoms with van der Waals surface area (Å²) in [5.74, 6) is -0.0132. The highest BCUT2D eigenvalue weighted by molar-refractivity contribution is 6.30. The van der Waals surface area contributed by atoms with Crippen LogP contribution in [0, 0.1) is 0 Å². The lowest BCUT2D eigenvalue weighted by Gasteiger charge is -2.37. The number of halogens is 1. The SMILES string of the molecule is CC(=O)c1ccc(NC(=O)C(C)N2CCN(Cc3cccc(Cl)c3)CC2)cc1. The largest absolute Gasteiger partial charge is 0.325 e. The summed E-state index contributed by atoms with van der Waals surface area (Å²) in [6, 6.07) is 14.7. The number of Topliss-reactive ketones (excluding diaryl/α,β-unsaturated/α-hetero) is 1. The number of rotatable bonds is 6. The minimum Gasteiger partial charge on any atom is -0.325 e. The Morgan fingerprint density at radius 3 is 2.36 bits per heavy atom. The van der Waals surface area contributed by atoms with Crippen LogP contribution in [0.4, 0.5) is 5.69 Å². The van der Waals surface area contributed by atoms with E-state index in [2.05, 4.69) is 21.2 Å². The van der Waals surface area contributed by atoms with Crippen LogP contribution in [0.5, 0.6) is 0 Å². The molecular formula is C22H26ClN3O2. The van der Waals surface area contributed by atoms with Gasteiger partial charge in [0.05, 0.1) is 6.04 Å². The molecule has 28 heavy (non-hydrogen) atoms. The minimum absolute atomic E-state index is 0.0156. The van der Waals surface area contributed by atoms with Gasteiger partial charge in [0.25, 0.3) is 0 Å². The predicted octanol–water partition coefficient (Wildman–Crippen LogP) is 3.69. The third-order valence-corrected chi connectivity index (χ3v) is 5.42. The Balaban J connectivity index is 1.49. The van der Waals surface area contributed by atoms with E-state index in [1.54, 1.807) is 24.3 Å². The number of hydrogen-bond donors (Lipinski definition) is 1. The summed E-state index contributed by atoms with van der Waals surface area (Å²) in [7, 11) is 0. The summed E-state index contributed by atoms with van der Waals surface area (Å²) in [6.45, 7) is 7.86. The van der Waals surface area contributed by atoms with Crippen molar-refractivity contribution in [2.75, 3.05) is 31.5 Å². The topological polar surface area (TPSA) is 52.7 Å². The van der Waals surface area contributed by atoms with E-state index in [0.717, 1.165) is 37.7 Å². The van der Waals surface area contributed by atoms with Crippen LogP contribution in [0.2, 0.25) is 5.02 Å². The Hall–Kier alpha value is -2.21. The lowest BCUT2D eigenvalue weighted by Crippen LogP contribution is -2.52. The first-order valence-electron chi connectivity index (χ1n) is 9.55. The Labute approximate surface area is 171 Å². The number of nitrogens with one attached hydrogen (secondary N) is 1. The van der Waals surface area contributed by atoms with Crippen molar-refractivity contribution >= 4 is 29.0 Å². The molecule has 0 radical (unpaired) electrons. The van der Waals surface area contributed by atoms with E-state index in [1.165, 1.54) is 12.5 Å². The maximum Gasteiger partial charge on any atom is 0.241 e. The molecule has 1 unspecified atom stereocenters. The molecule has 1 aliphatic rings. The van der Waals surface area contributed by atoms with Gasteiger partial charge in [-0.2, -0.15) is 0 Å². The molecule has 1 aliphatic heterocycles. The van der Waals surface area contributed by atoms with E-state index in [9.17, 15) is 9.59 Å². The van der Waals surface area contributed by atoms with Gasteiger partial charge in [0.15, 0.2) is 5.78 Å². The van der Waals surface area contributed by atoms with Gasteiger partial charge in [0.1, 0.15) is 0 Å². The molecule has 1 saturated heterocycles. The van der Waals surface area contributed by atoms with Crippen LogP contribution in [-0.4, -0.2) is 53.7 Å². The zero-order valence-corrected chi connectivity index (χ0v) is 17.1. The van der Waals surface area contributed by atoms with Crippen LogP contribution in [-0.2, 0) is 11.3 Å². The highest BCUT2D eigenvalue weighted by atomic mass is 35.5. The molecular weight excluding hydrogens is 374 g/mol. The van der Waals surface area contributed by atoms with Gasteiger partial charge >= 0.3 is 0 Å².